The second-order valence-electron chi connectivity index (χ2n) is 4.08. The van der Waals surface area contributed by atoms with Crippen molar-refractivity contribution in [3.8, 4) is 0 Å². The third kappa shape index (κ3) is 2.55. The number of likely N-dealkylation sites (tertiary alicyclic amines) is 1. The highest BCUT2D eigenvalue weighted by molar-refractivity contribution is 5.16. The Labute approximate surface area is 89.3 Å². The van der Waals surface area contributed by atoms with E-state index in [1.54, 1.807) is 0 Å². The monoisotopic (exact) mass is 209 g/mol. The van der Waals surface area contributed by atoms with Crippen LogP contribution in [-0.2, 0) is 6.54 Å². The van der Waals surface area contributed by atoms with E-state index in [-0.39, 0.29) is 18.5 Å². The lowest BCUT2D eigenvalue weighted by Gasteiger charge is -2.22. The van der Waals surface area contributed by atoms with E-state index >= 15 is 0 Å². The number of rotatable bonds is 3. The van der Waals surface area contributed by atoms with Gasteiger partial charge in [-0.05, 0) is 37.1 Å². The van der Waals surface area contributed by atoms with Crippen molar-refractivity contribution in [2.24, 2.45) is 0 Å². The summed E-state index contributed by atoms with van der Waals surface area (Å²) in [6.45, 7) is 2.06. The summed E-state index contributed by atoms with van der Waals surface area (Å²) in [5.74, 6) is -0.195. The molecule has 0 saturated carbocycles. The molecular weight excluding hydrogens is 193 g/mol. The van der Waals surface area contributed by atoms with Gasteiger partial charge in [0.2, 0.25) is 0 Å². The number of benzene rings is 1. The molecule has 1 aromatic carbocycles. The first kappa shape index (κ1) is 10.6. The molecule has 0 spiro atoms. The van der Waals surface area contributed by atoms with Crippen molar-refractivity contribution in [2.45, 2.75) is 25.4 Å². The molecule has 1 fully saturated rings. The minimum Gasteiger partial charge on any atom is -0.395 e. The van der Waals surface area contributed by atoms with Gasteiger partial charge in [-0.15, -0.1) is 0 Å². The van der Waals surface area contributed by atoms with Gasteiger partial charge >= 0.3 is 0 Å². The Bertz CT molecular complexity index is 312. The zero-order valence-electron chi connectivity index (χ0n) is 8.69. The quantitative estimate of drug-likeness (QED) is 0.820. The van der Waals surface area contributed by atoms with E-state index in [0.29, 0.717) is 0 Å². The maximum Gasteiger partial charge on any atom is 0.123 e. The van der Waals surface area contributed by atoms with Crippen LogP contribution in [0.4, 0.5) is 4.39 Å². The van der Waals surface area contributed by atoms with Crippen LogP contribution in [0, 0.1) is 5.82 Å². The van der Waals surface area contributed by atoms with Gasteiger partial charge in [0.15, 0.2) is 0 Å². The second-order valence-corrected chi connectivity index (χ2v) is 4.08. The van der Waals surface area contributed by atoms with Crippen molar-refractivity contribution in [1.82, 2.24) is 4.90 Å². The Morgan fingerprint density at radius 2 is 2.07 bits per heavy atom. The van der Waals surface area contributed by atoms with Crippen LogP contribution in [0.5, 0.6) is 0 Å². The summed E-state index contributed by atoms with van der Waals surface area (Å²) in [7, 11) is 0. The fraction of sp³-hybridized carbons (Fsp3) is 0.500. The standard InChI is InChI=1S/C12H16FNO/c13-11-5-3-10(4-6-11)8-14-7-1-2-12(14)9-15/h3-6,12,15H,1-2,7-9H2. The fourth-order valence-corrected chi connectivity index (χ4v) is 2.13. The third-order valence-electron chi connectivity index (χ3n) is 3.01. The molecule has 1 heterocycles. The van der Waals surface area contributed by atoms with Gasteiger partial charge in [0.05, 0.1) is 6.61 Å². The average Bonchev–Trinajstić information content (AvgIpc) is 2.69. The molecule has 3 heteroatoms. The van der Waals surface area contributed by atoms with E-state index in [2.05, 4.69) is 4.90 Å². The molecule has 0 radical (unpaired) electrons. The molecule has 1 N–H and O–H groups in total. The molecule has 0 aromatic heterocycles. The Balaban J connectivity index is 1.99. The molecule has 1 aromatic rings. The molecule has 82 valence electrons. The number of hydrogen-bond donors (Lipinski definition) is 1. The SMILES string of the molecule is OCC1CCCN1Cc1ccc(F)cc1. The van der Waals surface area contributed by atoms with Crippen molar-refractivity contribution < 1.29 is 9.50 Å². The Morgan fingerprint density at radius 3 is 2.73 bits per heavy atom. The first-order valence-electron chi connectivity index (χ1n) is 5.39. The number of halogens is 1. The van der Waals surface area contributed by atoms with Crippen LogP contribution in [0.2, 0.25) is 0 Å². The number of aliphatic hydroxyl groups excluding tert-OH is 1. The van der Waals surface area contributed by atoms with Gasteiger partial charge in [-0.2, -0.15) is 0 Å². The molecule has 0 bridgehead atoms. The van der Waals surface area contributed by atoms with E-state index in [9.17, 15) is 4.39 Å². The molecular formula is C12H16FNO. The van der Waals surface area contributed by atoms with Crippen molar-refractivity contribution in [2.75, 3.05) is 13.2 Å². The molecule has 2 rings (SSSR count). The molecule has 15 heavy (non-hydrogen) atoms. The van der Waals surface area contributed by atoms with E-state index in [1.165, 1.54) is 12.1 Å². The smallest absolute Gasteiger partial charge is 0.123 e. The largest absolute Gasteiger partial charge is 0.395 e. The minimum absolute atomic E-state index is 0.195. The molecule has 0 amide bonds. The van der Waals surface area contributed by atoms with Crippen LogP contribution < -0.4 is 0 Å². The van der Waals surface area contributed by atoms with Crippen LogP contribution in [-0.4, -0.2) is 29.2 Å². The summed E-state index contributed by atoms with van der Waals surface area (Å²) in [6.07, 6.45) is 2.21. The highest BCUT2D eigenvalue weighted by Gasteiger charge is 2.23. The average molecular weight is 209 g/mol. The van der Waals surface area contributed by atoms with E-state index in [1.807, 2.05) is 12.1 Å². The summed E-state index contributed by atoms with van der Waals surface area (Å²) in [6, 6.07) is 6.87. The lowest BCUT2D eigenvalue weighted by Crippen LogP contribution is -2.31. The van der Waals surface area contributed by atoms with Crippen molar-refractivity contribution in [3.63, 3.8) is 0 Å². The van der Waals surface area contributed by atoms with E-state index < -0.39 is 0 Å². The number of aliphatic hydroxyl groups is 1. The fourth-order valence-electron chi connectivity index (χ4n) is 2.13. The van der Waals surface area contributed by atoms with Gasteiger partial charge in [0, 0.05) is 12.6 Å². The Hall–Kier alpha value is -0.930. The first-order chi connectivity index (χ1) is 7.29. The first-order valence-corrected chi connectivity index (χ1v) is 5.39. The van der Waals surface area contributed by atoms with Gasteiger partial charge in [-0.25, -0.2) is 4.39 Å². The van der Waals surface area contributed by atoms with E-state index in [0.717, 1.165) is 31.5 Å². The molecule has 1 saturated heterocycles. The van der Waals surface area contributed by atoms with Gasteiger partial charge in [0.1, 0.15) is 5.82 Å². The summed E-state index contributed by atoms with van der Waals surface area (Å²) in [4.78, 5) is 2.26. The maximum absolute atomic E-state index is 12.7. The number of nitrogens with zero attached hydrogens (tertiary/aromatic N) is 1. The van der Waals surface area contributed by atoms with Gasteiger partial charge < -0.3 is 5.11 Å². The lowest BCUT2D eigenvalue weighted by molar-refractivity contribution is 0.153. The summed E-state index contributed by atoms with van der Waals surface area (Å²) < 4.78 is 12.7. The van der Waals surface area contributed by atoms with Crippen LogP contribution in [0.25, 0.3) is 0 Å². The summed E-state index contributed by atoms with van der Waals surface area (Å²) in [5.41, 5.74) is 1.11. The summed E-state index contributed by atoms with van der Waals surface area (Å²) in [5, 5.41) is 9.16. The molecule has 1 atom stereocenters. The summed E-state index contributed by atoms with van der Waals surface area (Å²) >= 11 is 0. The number of hydrogen-bond acceptors (Lipinski definition) is 2. The predicted octanol–water partition coefficient (Wildman–Crippen LogP) is 1.78. The van der Waals surface area contributed by atoms with Crippen molar-refractivity contribution in [3.05, 3.63) is 35.6 Å². The zero-order chi connectivity index (χ0) is 10.7. The van der Waals surface area contributed by atoms with E-state index in [4.69, 9.17) is 5.11 Å². The van der Waals surface area contributed by atoms with Crippen LogP contribution in [0.1, 0.15) is 18.4 Å². The Kier molecular flexibility index (Phi) is 3.34. The van der Waals surface area contributed by atoms with Crippen LogP contribution in [0.15, 0.2) is 24.3 Å². The molecule has 0 aliphatic carbocycles. The molecule has 1 aliphatic rings. The lowest BCUT2D eigenvalue weighted by atomic mass is 10.2. The maximum atomic E-state index is 12.7. The normalized spacial score (nSPS) is 22.1. The van der Waals surface area contributed by atoms with Crippen LogP contribution >= 0.6 is 0 Å². The highest BCUT2D eigenvalue weighted by atomic mass is 19.1. The highest BCUT2D eigenvalue weighted by Crippen LogP contribution is 2.19. The predicted molar refractivity (Wildman–Crippen MR) is 56.9 cm³/mol. The second kappa shape index (κ2) is 4.73. The topological polar surface area (TPSA) is 23.5 Å². The third-order valence-corrected chi connectivity index (χ3v) is 3.01. The van der Waals surface area contributed by atoms with Crippen LogP contribution in [0.3, 0.4) is 0 Å². The van der Waals surface area contributed by atoms with Gasteiger partial charge in [-0.3, -0.25) is 4.90 Å². The molecule has 2 nitrogen and oxygen atoms in total. The zero-order valence-corrected chi connectivity index (χ0v) is 8.69. The van der Waals surface area contributed by atoms with Crippen molar-refractivity contribution >= 4 is 0 Å². The van der Waals surface area contributed by atoms with Gasteiger partial charge in [0.25, 0.3) is 0 Å². The molecule has 1 unspecified atom stereocenters. The minimum atomic E-state index is -0.195. The Morgan fingerprint density at radius 1 is 1.33 bits per heavy atom. The van der Waals surface area contributed by atoms with Gasteiger partial charge in [-0.1, -0.05) is 12.1 Å². The molecule has 1 aliphatic heterocycles. The van der Waals surface area contributed by atoms with Crippen molar-refractivity contribution in [1.29, 1.82) is 0 Å².